The van der Waals surface area contributed by atoms with Crippen molar-refractivity contribution in [3.8, 4) is 5.75 Å². The van der Waals surface area contributed by atoms with E-state index in [4.69, 9.17) is 4.74 Å². The fourth-order valence-electron chi connectivity index (χ4n) is 1.81. The van der Waals surface area contributed by atoms with Crippen LogP contribution >= 0.6 is 0 Å². The molecule has 0 saturated heterocycles. The molecule has 0 radical (unpaired) electrons. The van der Waals surface area contributed by atoms with E-state index in [1.165, 1.54) is 6.26 Å². The first-order valence-corrected chi connectivity index (χ1v) is 8.61. The first-order chi connectivity index (χ1) is 9.26. The number of aliphatic hydroxyl groups is 1. The largest absolute Gasteiger partial charge is 0.491 e. The number of hydrogen-bond acceptors (Lipinski definition) is 5. The van der Waals surface area contributed by atoms with Crippen LogP contribution in [0.3, 0.4) is 0 Å². The zero-order chi connectivity index (χ0) is 15.2. The molecule has 0 heterocycles. The van der Waals surface area contributed by atoms with Gasteiger partial charge in [0.05, 0.1) is 5.75 Å². The van der Waals surface area contributed by atoms with Gasteiger partial charge in [-0.2, -0.15) is 0 Å². The normalized spacial score (nSPS) is 14.8. The highest BCUT2D eigenvalue weighted by molar-refractivity contribution is 7.90. The topological polar surface area (TPSA) is 75.6 Å². The predicted octanol–water partition coefficient (Wildman–Crippen LogP) is 0.757. The molecule has 0 fully saturated rings. The quantitative estimate of drug-likeness (QED) is 0.741. The molecule has 0 amide bonds. The number of aryl methyl sites for hydroxylation is 1. The number of benzene rings is 1. The summed E-state index contributed by atoms with van der Waals surface area (Å²) in [6.45, 7) is 4.21. The Morgan fingerprint density at radius 1 is 1.40 bits per heavy atom. The number of aliphatic hydroxyl groups excluding tert-OH is 1. The fraction of sp³-hybridized carbons (Fsp3) is 0.571. The maximum atomic E-state index is 11.1. The molecular formula is C14H23NO4S. The van der Waals surface area contributed by atoms with Gasteiger partial charge in [-0.05, 0) is 31.5 Å². The molecule has 2 unspecified atom stereocenters. The molecule has 1 aromatic carbocycles. The van der Waals surface area contributed by atoms with E-state index in [-0.39, 0.29) is 18.4 Å². The second-order valence-corrected chi connectivity index (χ2v) is 7.37. The van der Waals surface area contributed by atoms with Gasteiger partial charge < -0.3 is 15.2 Å². The van der Waals surface area contributed by atoms with Crippen molar-refractivity contribution in [2.45, 2.75) is 26.0 Å². The van der Waals surface area contributed by atoms with Gasteiger partial charge >= 0.3 is 0 Å². The highest BCUT2D eigenvalue weighted by Crippen LogP contribution is 2.12. The van der Waals surface area contributed by atoms with Crippen LogP contribution in [0.25, 0.3) is 0 Å². The van der Waals surface area contributed by atoms with Gasteiger partial charge in [0.2, 0.25) is 0 Å². The van der Waals surface area contributed by atoms with E-state index < -0.39 is 15.9 Å². The van der Waals surface area contributed by atoms with E-state index in [0.717, 1.165) is 5.56 Å². The molecule has 0 aliphatic rings. The van der Waals surface area contributed by atoms with Gasteiger partial charge in [-0.3, -0.25) is 0 Å². The minimum absolute atomic E-state index is 0.0540. The number of rotatable bonds is 8. The number of sulfone groups is 1. The number of hydrogen-bond donors (Lipinski definition) is 2. The lowest BCUT2D eigenvalue weighted by atomic mass is 10.2. The van der Waals surface area contributed by atoms with Gasteiger partial charge in [-0.25, -0.2) is 8.42 Å². The van der Waals surface area contributed by atoms with Gasteiger partial charge in [-0.15, -0.1) is 0 Å². The van der Waals surface area contributed by atoms with Crippen LogP contribution in [0, 0.1) is 6.92 Å². The summed E-state index contributed by atoms with van der Waals surface area (Å²) in [6, 6.07) is 7.39. The standard InChI is InChI=1S/C14H23NO4S/c1-11-5-4-6-14(7-11)19-9-13(16)8-15-12(2)10-20(3,17)18/h4-7,12-13,15-16H,8-10H2,1-3H3. The Morgan fingerprint density at radius 3 is 2.70 bits per heavy atom. The minimum atomic E-state index is -3.01. The molecule has 0 bridgehead atoms. The van der Waals surface area contributed by atoms with E-state index in [0.29, 0.717) is 12.3 Å². The van der Waals surface area contributed by atoms with E-state index in [2.05, 4.69) is 5.32 Å². The second-order valence-electron chi connectivity index (χ2n) is 5.18. The van der Waals surface area contributed by atoms with Crippen molar-refractivity contribution in [1.29, 1.82) is 0 Å². The summed E-state index contributed by atoms with van der Waals surface area (Å²) in [6.07, 6.45) is 0.514. The van der Waals surface area contributed by atoms with E-state index >= 15 is 0 Å². The Balaban J connectivity index is 2.28. The zero-order valence-corrected chi connectivity index (χ0v) is 13.0. The minimum Gasteiger partial charge on any atom is -0.491 e. The van der Waals surface area contributed by atoms with Gasteiger partial charge in [-0.1, -0.05) is 12.1 Å². The number of nitrogens with one attached hydrogen (secondary N) is 1. The molecule has 6 heteroatoms. The third-order valence-corrected chi connectivity index (χ3v) is 3.79. The van der Waals surface area contributed by atoms with Crippen LogP contribution in [0.4, 0.5) is 0 Å². The fourth-order valence-corrected chi connectivity index (χ4v) is 2.83. The monoisotopic (exact) mass is 301 g/mol. The summed E-state index contributed by atoms with van der Waals surface area (Å²) in [5, 5.41) is 12.8. The summed E-state index contributed by atoms with van der Waals surface area (Å²) >= 11 is 0. The average Bonchev–Trinajstić information content (AvgIpc) is 2.32. The highest BCUT2D eigenvalue weighted by atomic mass is 32.2. The van der Waals surface area contributed by atoms with Crippen molar-refractivity contribution in [3.05, 3.63) is 29.8 Å². The van der Waals surface area contributed by atoms with Crippen LogP contribution < -0.4 is 10.1 Å². The van der Waals surface area contributed by atoms with E-state index in [9.17, 15) is 13.5 Å². The van der Waals surface area contributed by atoms with Crippen LogP contribution in [-0.2, 0) is 9.84 Å². The van der Waals surface area contributed by atoms with Crippen LogP contribution in [0.1, 0.15) is 12.5 Å². The van der Waals surface area contributed by atoms with Gasteiger partial charge in [0.15, 0.2) is 0 Å². The lowest BCUT2D eigenvalue weighted by molar-refractivity contribution is 0.104. The van der Waals surface area contributed by atoms with E-state index in [1.54, 1.807) is 6.92 Å². The van der Waals surface area contributed by atoms with Crippen molar-refractivity contribution in [2.24, 2.45) is 0 Å². The predicted molar refractivity (Wildman–Crippen MR) is 79.9 cm³/mol. The second kappa shape index (κ2) is 7.61. The Kier molecular flexibility index (Phi) is 6.45. The smallest absolute Gasteiger partial charge is 0.148 e. The highest BCUT2D eigenvalue weighted by Gasteiger charge is 2.12. The van der Waals surface area contributed by atoms with Crippen LogP contribution in [0.2, 0.25) is 0 Å². The molecule has 2 atom stereocenters. The third-order valence-electron chi connectivity index (χ3n) is 2.69. The van der Waals surface area contributed by atoms with Gasteiger partial charge in [0.1, 0.15) is 28.3 Å². The lowest BCUT2D eigenvalue weighted by Gasteiger charge is -2.17. The maximum absolute atomic E-state index is 11.1. The maximum Gasteiger partial charge on any atom is 0.148 e. The van der Waals surface area contributed by atoms with Crippen molar-refractivity contribution in [1.82, 2.24) is 5.32 Å². The van der Waals surface area contributed by atoms with Gasteiger partial charge in [0, 0.05) is 18.8 Å². The number of ether oxygens (including phenoxy) is 1. The van der Waals surface area contributed by atoms with Crippen molar-refractivity contribution < 1.29 is 18.3 Å². The van der Waals surface area contributed by atoms with Crippen LogP contribution in [0.15, 0.2) is 24.3 Å². The molecular weight excluding hydrogens is 278 g/mol. The molecule has 114 valence electrons. The first-order valence-electron chi connectivity index (χ1n) is 6.55. The van der Waals surface area contributed by atoms with Crippen molar-refractivity contribution in [3.63, 3.8) is 0 Å². The SMILES string of the molecule is Cc1cccc(OCC(O)CNC(C)CS(C)(=O)=O)c1. The summed E-state index contributed by atoms with van der Waals surface area (Å²) < 4.78 is 27.7. The molecule has 0 spiro atoms. The molecule has 0 aliphatic heterocycles. The summed E-state index contributed by atoms with van der Waals surface area (Å²) in [4.78, 5) is 0. The Bertz CT molecular complexity index is 516. The van der Waals surface area contributed by atoms with Crippen molar-refractivity contribution >= 4 is 9.84 Å². The van der Waals surface area contributed by atoms with Crippen LogP contribution in [-0.4, -0.2) is 50.8 Å². The molecule has 0 saturated carbocycles. The Morgan fingerprint density at radius 2 is 2.10 bits per heavy atom. The lowest BCUT2D eigenvalue weighted by Crippen LogP contribution is -2.39. The van der Waals surface area contributed by atoms with Crippen molar-refractivity contribution in [2.75, 3.05) is 25.2 Å². The van der Waals surface area contributed by atoms with Crippen LogP contribution in [0.5, 0.6) is 5.75 Å². The molecule has 0 aromatic heterocycles. The van der Waals surface area contributed by atoms with E-state index in [1.807, 2.05) is 31.2 Å². The molecule has 5 nitrogen and oxygen atoms in total. The first kappa shape index (κ1) is 16.9. The molecule has 20 heavy (non-hydrogen) atoms. The zero-order valence-electron chi connectivity index (χ0n) is 12.2. The molecule has 2 N–H and O–H groups in total. The Labute approximate surface area is 120 Å². The summed E-state index contributed by atoms with van der Waals surface area (Å²) in [7, 11) is -3.01. The van der Waals surface area contributed by atoms with Gasteiger partial charge in [0.25, 0.3) is 0 Å². The Hall–Kier alpha value is -1.11. The third kappa shape index (κ3) is 7.47. The molecule has 1 rings (SSSR count). The molecule has 1 aromatic rings. The average molecular weight is 301 g/mol. The molecule has 0 aliphatic carbocycles. The summed E-state index contributed by atoms with van der Waals surface area (Å²) in [5.74, 6) is 0.770. The summed E-state index contributed by atoms with van der Waals surface area (Å²) in [5.41, 5.74) is 1.09.